The minimum Gasteiger partial charge on any atom is -0.493 e. The molecule has 0 saturated carbocycles. The molecule has 144 valence electrons. The van der Waals surface area contributed by atoms with E-state index < -0.39 is 5.91 Å². The normalized spacial score (nSPS) is 15.7. The van der Waals surface area contributed by atoms with Gasteiger partial charge in [-0.1, -0.05) is 13.0 Å². The second kappa shape index (κ2) is 8.00. The van der Waals surface area contributed by atoms with Crippen LogP contribution in [-0.4, -0.2) is 26.0 Å². The molecule has 6 nitrogen and oxygen atoms in total. The van der Waals surface area contributed by atoms with Crippen molar-refractivity contribution in [2.45, 2.75) is 32.6 Å². The summed E-state index contributed by atoms with van der Waals surface area (Å²) in [5.41, 5.74) is 7.88. The van der Waals surface area contributed by atoms with Gasteiger partial charge in [-0.15, -0.1) is 11.3 Å². The summed E-state index contributed by atoms with van der Waals surface area (Å²) >= 11 is 1.47. The molecule has 27 heavy (non-hydrogen) atoms. The minimum absolute atomic E-state index is 0.164. The average Bonchev–Trinajstić information content (AvgIpc) is 2.98. The van der Waals surface area contributed by atoms with Gasteiger partial charge in [-0.2, -0.15) is 0 Å². The first kappa shape index (κ1) is 19.2. The fraction of sp³-hybridized carbons (Fsp3) is 0.400. The lowest BCUT2D eigenvalue weighted by Crippen LogP contribution is -2.20. The molecule has 1 atom stereocenters. The third kappa shape index (κ3) is 4.08. The van der Waals surface area contributed by atoms with E-state index in [0.29, 0.717) is 28.0 Å². The van der Waals surface area contributed by atoms with E-state index in [9.17, 15) is 9.59 Å². The molecule has 1 aliphatic rings. The lowest BCUT2D eigenvalue weighted by atomic mass is 9.88. The van der Waals surface area contributed by atoms with Gasteiger partial charge in [0, 0.05) is 4.88 Å². The Kier molecular flexibility index (Phi) is 5.70. The molecule has 0 spiro atoms. The molecule has 3 rings (SSSR count). The first-order valence-electron chi connectivity index (χ1n) is 8.88. The zero-order chi connectivity index (χ0) is 19.6. The summed E-state index contributed by atoms with van der Waals surface area (Å²) in [7, 11) is 3.12. The van der Waals surface area contributed by atoms with Gasteiger partial charge in [-0.25, -0.2) is 0 Å². The second-order valence-electron chi connectivity index (χ2n) is 6.83. The summed E-state index contributed by atoms with van der Waals surface area (Å²) in [5.74, 6) is 1.07. The lowest BCUT2D eigenvalue weighted by Gasteiger charge is -2.18. The van der Waals surface area contributed by atoms with Crippen molar-refractivity contribution >= 4 is 28.2 Å². The number of nitrogens with one attached hydrogen (secondary N) is 1. The van der Waals surface area contributed by atoms with Crippen molar-refractivity contribution in [3.63, 3.8) is 0 Å². The molecule has 0 saturated heterocycles. The SMILES string of the molecule is COc1ccc(CC(=O)Nc2sc3c(c2C(N)=O)CCC(C)C3)cc1OC. The van der Waals surface area contributed by atoms with E-state index in [4.69, 9.17) is 15.2 Å². The number of hydrogen-bond acceptors (Lipinski definition) is 5. The summed E-state index contributed by atoms with van der Waals surface area (Å²) in [4.78, 5) is 25.7. The van der Waals surface area contributed by atoms with Crippen LogP contribution in [0.4, 0.5) is 5.00 Å². The van der Waals surface area contributed by atoms with E-state index in [2.05, 4.69) is 12.2 Å². The van der Waals surface area contributed by atoms with Gasteiger partial charge in [0.1, 0.15) is 5.00 Å². The Morgan fingerprint density at radius 1 is 1.26 bits per heavy atom. The molecular weight excluding hydrogens is 364 g/mol. The van der Waals surface area contributed by atoms with Gasteiger partial charge in [0.2, 0.25) is 5.91 Å². The largest absolute Gasteiger partial charge is 0.493 e. The zero-order valence-electron chi connectivity index (χ0n) is 15.8. The van der Waals surface area contributed by atoms with Crippen molar-refractivity contribution in [1.82, 2.24) is 0 Å². The van der Waals surface area contributed by atoms with Crippen LogP contribution < -0.4 is 20.5 Å². The smallest absolute Gasteiger partial charge is 0.251 e. The highest BCUT2D eigenvalue weighted by molar-refractivity contribution is 7.17. The molecule has 7 heteroatoms. The van der Waals surface area contributed by atoms with Gasteiger partial charge >= 0.3 is 0 Å². The predicted molar refractivity (Wildman–Crippen MR) is 106 cm³/mol. The number of thiophene rings is 1. The van der Waals surface area contributed by atoms with Crippen molar-refractivity contribution in [2.75, 3.05) is 19.5 Å². The number of carbonyl (C=O) groups is 2. The van der Waals surface area contributed by atoms with Crippen molar-refractivity contribution in [2.24, 2.45) is 11.7 Å². The van der Waals surface area contributed by atoms with Crippen LogP contribution >= 0.6 is 11.3 Å². The lowest BCUT2D eigenvalue weighted by molar-refractivity contribution is -0.115. The Morgan fingerprint density at radius 3 is 2.67 bits per heavy atom. The topological polar surface area (TPSA) is 90.6 Å². The number of benzene rings is 1. The first-order valence-corrected chi connectivity index (χ1v) is 9.69. The molecule has 0 radical (unpaired) electrons. The third-order valence-electron chi connectivity index (χ3n) is 4.82. The quantitative estimate of drug-likeness (QED) is 0.795. The van der Waals surface area contributed by atoms with Crippen LogP contribution in [0.3, 0.4) is 0 Å². The van der Waals surface area contributed by atoms with E-state index >= 15 is 0 Å². The highest BCUT2D eigenvalue weighted by Gasteiger charge is 2.27. The van der Waals surface area contributed by atoms with Gasteiger partial charge in [0.25, 0.3) is 5.91 Å². The molecule has 1 unspecified atom stereocenters. The molecule has 2 aromatic rings. The van der Waals surface area contributed by atoms with E-state index in [1.165, 1.54) is 11.3 Å². The molecule has 3 N–H and O–H groups in total. The van der Waals surface area contributed by atoms with Crippen LogP contribution in [0.5, 0.6) is 11.5 Å². The van der Waals surface area contributed by atoms with Crippen LogP contribution in [0.15, 0.2) is 18.2 Å². The highest BCUT2D eigenvalue weighted by Crippen LogP contribution is 2.39. The number of primary amides is 1. The molecule has 0 aliphatic heterocycles. The molecular formula is C20H24N2O4S. The zero-order valence-corrected chi connectivity index (χ0v) is 16.6. The number of nitrogens with two attached hydrogens (primary N) is 1. The van der Waals surface area contributed by atoms with E-state index in [1.807, 2.05) is 6.07 Å². The third-order valence-corrected chi connectivity index (χ3v) is 5.99. The van der Waals surface area contributed by atoms with Crippen LogP contribution in [-0.2, 0) is 24.1 Å². The summed E-state index contributed by atoms with van der Waals surface area (Å²) in [5, 5.41) is 3.45. The monoisotopic (exact) mass is 388 g/mol. The van der Waals surface area contributed by atoms with Crippen LogP contribution in [0.2, 0.25) is 0 Å². The summed E-state index contributed by atoms with van der Waals surface area (Å²) in [6, 6.07) is 5.35. The second-order valence-corrected chi connectivity index (χ2v) is 7.94. The maximum Gasteiger partial charge on any atom is 0.251 e. The Morgan fingerprint density at radius 2 is 2.00 bits per heavy atom. The van der Waals surface area contributed by atoms with E-state index in [0.717, 1.165) is 35.3 Å². The van der Waals surface area contributed by atoms with Gasteiger partial charge < -0.3 is 20.5 Å². The Bertz CT molecular complexity index is 875. The van der Waals surface area contributed by atoms with Gasteiger partial charge in [0.15, 0.2) is 11.5 Å². The van der Waals surface area contributed by atoms with Crippen LogP contribution in [0.25, 0.3) is 0 Å². The molecule has 1 heterocycles. The Balaban J connectivity index is 1.79. The number of methoxy groups -OCH3 is 2. The maximum absolute atomic E-state index is 12.6. The number of ether oxygens (including phenoxy) is 2. The number of amides is 2. The number of hydrogen-bond donors (Lipinski definition) is 2. The van der Waals surface area contributed by atoms with E-state index in [-0.39, 0.29) is 12.3 Å². The molecule has 1 aromatic heterocycles. The number of anilines is 1. The van der Waals surface area contributed by atoms with Gasteiger partial charge in [-0.05, 0) is 48.4 Å². The van der Waals surface area contributed by atoms with Crippen molar-refractivity contribution in [3.05, 3.63) is 39.8 Å². The summed E-state index contributed by atoms with van der Waals surface area (Å²) in [6.45, 7) is 2.20. The fourth-order valence-corrected chi connectivity index (χ4v) is 4.88. The van der Waals surface area contributed by atoms with Crippen LogP contribution in [0.1, 0.15) is 39.7 Å². The van der Waals surface area contributed by atoms with Crippen molar-refractivity contribution in [3.8, 4) is 11.5 Å². The summed E-state index contributed by atoms with van der Waals surface area (Å²) < 4.78 is 10.5. The minimum atomic E-state index is -0.483. The van der Waals surface area contributed by atoms with Crippen molar-refractivity contribution in [1.29, 1.82) is 0 Å². The molecule has 2 amide bonds. The van der Waals surface area contributed by atoms with Gasteiger partial charge in [0.05, 0.1) is 26.2 Å². The van der Waals surface area contributed by atoms with Gasteiger partial charge in [-0.3, -0.25) is 9.59 Å². The Labute approximate surface area is 162 Å². The van der Waals surface area contributed by atoms with Crippen molar-refractivity contribution < 1.29 is 19.1 Å². The molecule has 1 aromatic carbocycles. The van der Waals surface area contributed by atoms with E-state index in [1.54, 1.807) is 26.4 Å². The average molecular weight is 388 g/mol. The predicted octanol–water partition coefficient (Wildman–Crippen LogP) is 3.17. The number of carbonyl (C=O) groups excluding carboxylic acids is 2. The Hall–Kier alpha value is -2.54. The highest BCUT2D eigenvalue weighted by atomic mass is 32.1. The number of rotatable bonds is 6. The molecule has 0 bridgehead atoms. The summed E-state index contributed by atoms with van der Waals surface area (Å²) in [6.07, 6.45) is 2.95. The fourth-order valence-electron chi connectivity index (χ4n) is 3.45. The number of fused-ring (bicyclic) bond motifs is 1. The molecule has 1 aliphatic carbocycles. The maximum atomic E-state index is 12.6. The standard InChI is InChI=1S/C20H24N2O4S/c1-11-4-6-13-16(8-11)27-20(18(13)19(21)24)22-17(23)10-12-5-7-14(25-2)15(9-12)26-3/h5,7,9,11H,4,6,8,10H2,1-3H3,(H2,21,24)(H,22,23). The van der Waals surface area contributed by atoms with Crippen LogP contribution in [0, 0.1) is 5.92 Å². The first-order chi connectivity index (χ1) is 12.9. The molecule has 0 fully saturated rings.